The number of anilines is 1. The van der Waals surface area contributed by atoms with Crippen LogP contribution >= 0.6 is 0 Å². The first-order valence-corrected chi connectivity index (χ1v) is 10.8. The quantitative estimate of drug-likeness (QED) is 0.614. The molecule has 7 nitrogen and oxygen atoms in total. The monoisotopic (exact) mass is 432 g/mol. The predicted octanol–water partition coefficient (Wildman–Crippen LogP) is 3.69. The van der Waals surface area contributed by atoms with Gasteiger partial charge in [0.1, 0.15) is 11.5 Å². The molecule has 1 fully saturated rings. The van der Waals surface area contributed by atoms with Crippen LogP contribution in [-0.2, 0) is 11.3 Å². The summed E-state index contributed by atoms with van der Waals surface area (Å²) in [6, 6.07) is 19.5. The van der Waals surface area contributed by atoms with E-state index in [0.717, 1.165) is 53.5 Å². The molecule has 0 spiro atoms. The molecule has 166 valence electrons. The lowest BCUT2D eigenvalue weighted by molar-refractivity contribution is -0.125. The second kappa shape index (κ2) is 10.1. The van der Waals surface area contributed by atoms with Gasteiger partial charge in [0.2, 0.25) is 5.91 Å². The van der Waals surface area contributed by atoms with Crippen molar-refractivity contribution in [3.05, 3.63) is 66.2 Å². The molecule has 1 aromatic heterocycles. The zero-order valence-electron chi connectivity index (χ0n) is 18.5. The Balaban J connectivity index is 1.38. The van der Waals surface area contributed by atoms with E-state index >= 15 is 0 Å². The zero-order valence-corrected chi connectivity index (χ0v) is 18.5. The Morgan fingerprint density at radius 2 is 1.91 bits per heavy atom. The van der Waals surface area contributed by atoms with E-state index in [4.69, 9.17) is 9.47 Å². The van der Waals surface area contributed by atoms with E-state index in [1.807, 2.05) is 60.7 Å². The van der Waals surface area contributed by atoms with Crippen molar-refractivity contribution in [3.8, 4) is 22.8 Å². The Bertz CT molecular complexity index is 1040. The second-order valence-electron chi connectivity index (χ2n) is 7.82. The van der Waals surface area contributed by atoms with Gasteiger partial charge in [0, 0.05) is 30.8 Å². The molecule has 1 atom stereocenters. The van der Waals surface area contributed by atoms with Gasteiger partial charge in [0.25, 0.3) is 0 Å². The molecular formula is C25H28N4O3. The molecular weight excluding hydrogens is 404 g/mol. The van der Waals surface area contributed by atoms with Crippen molar-refractivity contribution in [1.82, 2.24) is 15.5 Å². The zero-order chi connectivity index (χ0) is 22.3. The minimum absolute atomic E-state index is 0.0356. The maximum atomic E-state index is 12.9. The maximum Gasteiger partial charge on any atom is 0.225 e. The molecule has 32 heavy (non-hydrogen) atoms. The van der Waals surface area contributed by atoms with Crippen molar-refractivity contribution in [3.63, 3.8) is 0 Å². The Morgan fingerprint density at radius 1 is 1.06 bits per heavy atom. The van der Waals surface area contributed by atoms with E-state index in [0.29, 0.717) is 13.1 Å². The lowest BCUT2D eigenvalue weighted by Crippen LogP contribution is -2.43. The van der Waals surface area contributed by atoms with Crippen LogP contribution in [0.5, 0.6) is 11.5 Å². The van der Waals surface area contributed by atoms with E-state index < -0.39 is 0 Å². The van der Waals surface area contributed by atoms with Gasteiger partial charge in [-0.05, 0) is 43.2 Å². The topological polar surface area (TPSA) is 76.6 Å². The van der Waals surface area contributed by atoms with Crippen LogP contribution in [0, 0.1) is 5.92 Å². The summed E-state index contributed by atoms with van der Waals surface area (Å²) in [5.74, 6) is 2.20. The highest BCUT2D eigenvalue weighted by Crippen LogP contribution is 2.25. The molecule has 1 saturated heterocycles. The SMILES string of the molecule is COc1ccc(OC)c(CNC(=O)[C@H]2CCCN(c3ccc(-c4ccccc4)nn3)C2)c1. The summed E-state index contributed by atoms with van der Waals surface area (Å²) in [4.78, 5) is 15.0. The Labute approximate surface area is 188 Å². The van der Waals surface area contributed by atoms with Crippen molar-refractivity contribution in [2.24, 2.45) is 5.92 Å². The molecule has 2 aromatic carbocycles. The lowest BCUT2D eigenvalue weighted by atomic mass is 9.97. The van der Waals surface area contributed by atoms with Crippen LogP contribution in [0.4, 0.5) is 5.82 Å². The van der Waals surface area contributed by atoms with Crippen LogP contribution in [0.2, 0.25) is 0 Å². The average molecular weight is 433 g/mol. The van der Waals surface area contributed by atoms with Gasteiger partial charge < -0.3 is 19.7 Å². The third-order valence-electron chi connectivity index (χ3n) is 5.78. The van der Waals surface area contributed by atoms with Crippen LogP contribution in [-0.4, -0.2) is 43.4 Å². The summed E-state index contributed by atoms with van der Waals surface area (Å²) < 4.78 is 10.7. The molecule has 1 aliphatic rings. The fraction of sp³-hybridized carbons (Fsp3) is 0.320. The van der Waals surface area contributed by atoms with Crippen molar-refractivity contribution in [1.29, 1.82) is 0 Å². The number of nitrogens with one attached hydrogen (secondary N) is 1. The third kappa shape index (κ3) is 4.99. The number of rotatable bonds is 7. The molecule has 3 aromatic rings. The third-order valence-corrected chi connectivity index (χ3v) is 5.78. The van der Waals surface area contributed by atoms with Crippen molar-refractivity contribution in [2.75, 3.05) is 32.2 Å². The molecule has 1 N–H and O–H groups in total. The largest absolute Gasteiger partial charge is 0.497 e. The van der Waals surface area contributed by atoms with Crippen LogP contribution in [0.3, 0.4) is 0 Å². The summed E-state index contributed by atoms with van der Waals surface area (Å²) in [6.07, 6.45) is 1.79. The number of aromatic nitrogens is 2. The Kier molecular flexibility index (Phi) is 6.84. The van der Waals surface area contributed by atoms with Gasteiger partial charge in [0.15, 0.2) is 5.82 Å². The van der Waals surface area contributed by atoms with Crippen molar-refractivity contribution >= 4 is 11.7 Å². The number of nitrogens with zero attached hydrogens (tertiary/aromatic N) is 3. The standard InChI is InChI=1S/C25H28N4O3/c1-31-21-10-12-23(32-2)20(15-21)16-26-25(30)19-9-6-14-29(17-19)24-13-11-22(27-28-24)18-7-4-3-5-8-18/h3-5,7-8,10-13,15,19H,6,9,14,16-17H2,1-2H3,(H,26,30)/t19-/m0/s1. The summed E-state index contributed by atoms with van der Waals surface area (Å²) in [7, 11) is 3.24. The number of hydrogen-bond acceptors (Lipinski definition) is 6. The van der Waals surface area contributed by atoms with E-state index in [1.54, 1.807) is 14.2 Å². The first-order chi connectivity index (χ1) is 15.7. The van der Waals surface area contributed by atoms with Gasteiger partial charge in [-0.2, -0.15) is 0 Å². The number of carbonyl (C=O) groups is 1. The number of ether oxygens (including phenoxy) is 2. The molecule has 2 heterocycles. The first-order valence-electron chi connectivity index (χ1n) is 10.8. The molecule has 0 radical (unpaired) electrons. The van der Waals surface area contributed by atoms with E-state index in [9.17, 15) is 4.79 Å². The van der Waals surface area contributed by atoms with Crippen LogP contribution in [0.15, 0.2) is 60.7 Å². The maximum absolute atomic E-state index is 12.9. The van der Waals surface area contributed by atoms with Gasteiger partial charge >= 0.3 is 0 Å². The molecule has 1 amide bonds. The highest BCUT2D eigenvalue weighted by molar-refractivity contribution is 5.79. The highest BCUT2D eigenvalue weighted by atomic mass is 16.5. The van der Waals surface area contributed by atoms with E-state index in [2.05, 4.69) is 20.4 Å². The van der Waals surface area contributed by atoms with Gasteiger partial charge in [-0.1, -0.05) is 30.3 Å². The molecule has 1 aliphatic heterocycles. The molecule has 7 heteroatoms. The average Bonchev–Trinajstić information content (AvgIpc) is 2.87. The number of carbonyl (C=O) groups excluding carboxylic acids is 1. The minimum atomic E-state index is -0.101. The van der Waals surface area contributed by atoms with Gasteiger partial charge in [-0.3, -0.25) is 4.79 Å². The second-order valence-corrected chi connectivity index (χ2v) is 7.82. The molecule has 0 aliphatic carbocycles. The highest BCUT2D eigenvalue weighted by Gasteiger charge is 2.27. The smallest absolute Gasteiger partial charge is 0.225 e. The van der Waals surface area contributed by atoms with E-state index in [1.165, 1.54) is 0 Å². The number of benzene rings is 2. The van der Waals surface area contributed by atoms with Gasteiger partial charge in [-0.15, -0.1) is 10.2 Å². The summed E-state index contributed by atoms with van der Waals surface area (Å²) in [5, 5.41) is 11.9. The summed E-state index contributed by atoms with van der Waals surface area (Å²) >= 11 is 0. The number of amides is 1. The first kappa shape index (κ1) is 21.6. The molecule has 0 bridgehead atoms. The van der Waals surface area contributed by atoms with Gasteiger partial charge in [-0.25, -0.2) is 0 Å². The van der Waals surface area contributed by atoms with Crippen LogP contribution in [0.1, 0.15) is 18.4 Å². The number of methoxy groups -OCH3 is 2. The molecule has 0 saturated carbocycles. The van der Waals surface area contributed by atoms with Gasteiger partial charge in [0.05, 0.1) is 25.8 Å². The fourth-order valence-electron chi connectivity index (χ4n) is 4.00. The number of hydrogen-bond donors (Lipinski definition) is 1. The molecule has 0 unspecified atom stereocenters. The predicted molar refractivity (Wildman–Crippen MR) is 124 cm³/mol. The fourth-order valence-corrected chi connectivity index (χ4v) is 4.00. The molecule has 4 rings (SSSR count). The van der Waals surface area contributed by atoms with E-state index in [-0.39, 0.29) is 11.8 Å². The van der Waals surface area contributed by atoms with Crippen molar-refractivity contribution < 1.29 is 14.3 Å². The Hall–Kier alpha value is -3.61. The Morgan fingerprint density at radius 3 is 2.62 bits per heavy atom. The lowest BCUT2D eigenvalue weighted by Gasteiger charge is -2.32. The van der Waals surface area contributed by atoms with Crippen LogP contribution < -0.4 is 19.7 Å². The normalized spacial score (nSPS) is 15.8. The number of piperidine rings is 1. The minimum Gasteiger partial charge on any atom is -0.497 e. The van der Waals surface area contributed by atoms with Crippen molar-refractivity contribution in [2.45, 2.75) is 19.4 Å². The van der Waals surface area contributed by atoms with Crippen LogP contribution in [0.25, 0.3) is 11.3 Å². The summed E-state index contributed by atoms with van der Waals surface area (Å²) in [6.45, 7) is 1.88. The summed E-state index contributed by atoms with van der Waals surface area (Å²) in [5.41, 5.74) is 2.76.